The lowest BCUT2D eigenvalue weighted by atomic mass is 9.96. The molecule has 1 unspecified atom stereocenters. The van der Waals surface area contributed by atoms with Gasteiger partial charge in [-0.15, -0.1) is 0 Å². The first-order valence-electron chi connectivity index (χ1n) is 9.74. The molecule has 3 aromatic carbocycles. The number of rotatable bonds is 4. The van der Waals surface area contributed by atoms with Crippen molar-refractivity contribution in [3.05, 3.63) is 77.9 Å². The SMILES string of the molecule is N#Cc1cccc(N2CCCC(C(=O)NCc3cccc4ccccc34)C2)c1. The first-order chi connectivity index (χ1) is 13.7. The van der Waals surface area contributed by atoms with Crippen LogP contribution in [0.15, 0.2) is 66.7 Å². The van der Waals surface area contributed by atoms with Crippen molar-refractivity contribution in [2.45, 2.75) is 19.4 Å². The molecule has 0 bridgehead atoms. The monoisotopic (exact) mass is 369 g/mol. The Morgan fingerprint density at radius 2 is 1.93 bits per heavy atom. The normalized spacial score (nSPS) is 16.5. The molecule has 28 heavy (non-hydrogen) atoms. The molecule has 0 aromatic heterocycles. The standard InChI is InChI=1S/C24H23N3O/c25-15-18-6-3-11-22(14-18)27-13-5-10-21(17-27)24(28)26-16-20-9-4-8-19-7-1-2-12-23(19)20/h1-4,6-9,11-12,14,21H,5,10,13,16-17H2,(H,26,28). The highest BCUT2D eigenvalue weighted by Crippen LogP contribution is 2.24. The van der Waals surface area contributed by atoms with Gasteiger partial charge in [-0.3, -0.25) is 4.79 Å². The first-order valence-corrected chi connectivity index (χ1v) is 9.74. The van der Waals surface area contributed by atoms with E-state index < -0.39 is 0 Å². The molecule has 3 aromatic rings. The molecule has 4 rings (SSSR count). The van der Waals surface area contributed by atoms with Gasteiger partial charge in [0, 0.05) is 25.3 Å². The van der Waals surface area contributed by atoms with Crippen LogP contribution in [-0.4, -0.2) is 19.0 Å². The minimum Gasteiger partial charge on any atom is -0.371 e. The summed E-state index contributed by atoms with van der Waals surface area (Å²) in [5.74, 6) is 0.0727. The van der Waals surface area contributed by atoms with Gasteiger partial charge in [0.05, 0.1) is 17.6 Å². The van der Waals surface area contributed by atoms with Gasteiger partial charge in [-0.25, -0.2) is 0 Å². The van der Waals surface area contributed by atoms with E-state index >= 15 is 0 Å². The maximum atomic E-state index is 12.8. The van der Waals surface area contributed by atoms with Gasteiger partial charge < -0.3 is 10.2 Å². The summed E-state index contributed by atoms with van der Waals surface area (Å²) in [5.41, 5.74) is 2.81. The van der Waals surface area contributed by atoms with Crippen LogP contribution in [0, 0.1) is 17.2 Å². The third-order valence-electron chi connectivity index (χ3n) is 5.47. The maximum Gasteiger partial charge on any atom is 0.225 e. The van der Waals surface area contributed by atoms with Crippen LogP contribution in [0.4, 0.5) is 5.69 Å². The van der Waals surface area contributed by atoms with E-state index in [4.69, 9.17) is 5.26 Å². The second-order valence-electron chi connectivity index (χ2n) is 7.30. The van der Waals surface area contributed by atoms with Crippen LogP contribution in [0.25, 0.3) is 10.8 Å². The summed E-state index contributed by atoms with van der Waals surface area (Å²) in [6.07, 6.45) is 1.87. The maximum absolute atomic E-state index is 12.8. The van der Waals surface area contributed by atoms with Crippen molar-refractivity contribution < 1.29 is 4.79 Å². The van der Waals surface area contributed by atoms with E-state index in [-0.39, 0.29) is 11.8 Å². The summed E-state index contributed by atoms with van der Waals surface area (Å²) in [7, 11) is 0. The molecule has 1 atom stereocenters. The van der Waals surface area contributed by atoms with Crippen molar-refractivity contribution in [2.24, 2.45) is 5.92 Å². The molecule has 140 valence electrons. The lowest BCUT2D eigenvalue weighted by molar-refractivity contribution is -0.125. The molecule has 1 aliphatic heterocycles. The third kappa shape index (κ3) is 3.84. The molecule has 0 aliphatic carbocycles. The van der Waals surface area contributed by atoms with E-state index in [1.165, 1.54) is 10.8 Å². The number of carbonyl (C=O) groups excluding carboxylic acids is 1. The van der Waals surface area contributed by atoms with E-state index in [9.17, 15) is 4.79 Å². The van der Waals surface area contributed by atoms with Crippen LogP contribution in [0.5, 0.6) is 0 Å². The van der Waals surface area contributed by atoms with Crippen molar-refractivity contribution >= 4 is 22.4 Å². The first kappa shape index (κ1) is 18.1. The average molecular weight is 369 g/mol. The zero-order valence-corrected chi connectivity index (χ0v) is 15.8. The number of nitrogens with one attached hydrogen (secondary N) is 1. The van der Waals surface area contributed by atoms with Gasteiger partial charge in [-0.05, 0) is 47.4 Å². The number of nitrogens with zero attached hydrogens (tertiary/aromatic N) is 2. The number of hydrogen-bond acceptors (Lipinski definition) is 3. The molecular weight excluding hydrogens is 346 g/mol. The molecular formula is C24H23N3O. The lowest BCUT2D eigenvalue weighted by Crippen LogP contribution is -2.43. The second-order valence-corrected chi connectivity index (χ2v) is 7.30. The van der Waals surface area contributed by atoms with Crippen LogP contribution in [0.2, 0.25) is 0 Å². The van der Waals surface area contributed by atoms with E-state index in [1.54, 1.807) is 0 Å². The fraction of sp³-hybridized carbons (Fsp3) is 0.250. The van der Waals surface area contributed by atoms with Gasteiger partial charge in [0.1, 0.15) is 0 Å². The Balaban J connectivity index is 1.42. The average Bonchev–Trinajstić information content (AvgIpc) is 2.77. The van der Waals surface area contributed by atoms with Gasteiger partial charge in [0.2, 0.25) is 5.91 Å². The van der Waals surface area contributed by atoms with Gasteiger partial charge in [-0.2, -0.15) is 5.26 Å². The molecule has 1 fully saturated rings. The highest BCUT2D eigenvalue weighted by atomic mass is 16.1. The summed E-state index contributed by atoms with van der Waals surface area (Å²) in [6.45, 7) is 2.15. The van der Waals surface area contributed by atoms with Crippen LogP contribution >= 0.6 is 0 Å². The number of carbonyl (C=O) groups is 1. The Kier molecular flexibility index (Phi) is 5.25. The van der Waals surface area contributed by atoms with E-state index in [2.05, 4.69) is 40.6 Å². The molecule has 0 spiro atoms. The van der Waals surface area contributed by atoms with Crippen LogP contribution < -0.4 is 10.2 Å². The highest BCUT2D eigenvalue weighted by Gasteiger charge is 2.26. The van der Waals surface area contributed by atoms with E-state index in [0.717, 1.165) is 30.6 Å². The molecule has 0 radical (unpaired) electrons. The van der Waals surface area contributed by atoms with Crippen LogP contribution in [-0.2, 0) is 11.3 Å². The summed E-state index contributed by atoms with van der Waals surface area (Å²) in [6, 6.07) is 24.3. The Morgan fingerprint density at radius 1 is 1.11 bits per heavy atom. The minimum absolute atomic E-state index is 0.0329. The number of nitriles is 1. The third-order valence-corrected chi connectivity index (χ3v) is 5.47. The fourth-order valence-electron chi connectivity index (χ4n) is 3.97. The number of piperidine rings is 1. The molecule has 1 aliphatic rings. The summed E-state index contributed by atoms with van der Waals surface area (Å²) >= 11 is 0. The topological polar surface area (TPSA) is 56.1 Å². The number of amides is 1. The van der Waals surface area contributed by atoms with Gasteiger partial charge in [0.25, 0.3) is 0 Å². The second kappa shape index (κ2) is 8.14. The molecule has 1 saturated heterocycles. The Bertz CT molecular complexity index is 1030. The van der Waals surface area contributed by atoms with Crippen LogP contribution in [0.1, 0.15) is 24.0 Å². The van der Waals surface area contributed by atoms with Crippen molar-refractivity contribution in [1.29, 1.82) is 5.26 Å². The fourth-order valence-corrected chi connectivity index (χ4v) is 3.97. The molecule has 1 amide bonds. The molecule has 4 nitrogen and oxygen atoms in total. The number of hydrogen-bond donors (Lipinski definition) is 1. The van der Waals surface area contributed by atoms with E-state index in [0.29, 0.717) is 18.7 Å². The quantitative estimate of drug-likeness (QED) is 0.748. The lowest BCUT2D eigenvalue weighted by Gasteiger charge is -2.33. The summed E-state index contributed by atoms with van der Waals surface area (Å²) in [4.78, 5) is 15.0. The van der Waals surface area contributed by atoms with Gasteiger partial charge in [0.15, 0.2) is 0 Å². The summed E-state index contributed by atoms with van der Waals surface area (Å²) in [5, 5.41) is 14.6. The molecule has 0 saturated carbocycles. The van der Waals surface area contributed by atoms with Crippen molar-refractivity contribution in [3.8, 4) is 6.07 Å². The Morgan fingerprint density at radius 3 is 2.82 bits per heavy atom. The molecule has 1 N–H and O–H groups in total. The van der Waals surface area contributed by atoms with Crippen molar-refractivity contribution in [3.63, 3.8) is 0 Å². The van der Waals surface area contributed by atoms with Gasteiger partial charge >= 0.3 is 0 Å². The van der Waals surface area contributed by atoms with E-state index in [1.807, 2.05) is 42.5 Å². The largest absolute Gasteiger partial charge is 0.371 e. The number of anilines is 1. The number of fused-ring (bicyclic) bond motifs is 1. The predicted octanol–water partition coefficient (Wildman–Crippen LogP) is 4.24. The smallest absolute Gasteiger partial charge is 0.225 e. The zero-order chi connectivity index (χ0) is 19.3. The molecule has 4 heteroatoms. The summed E-state index contributed by atoms with van der Waals surface area (Å²) < 4.78 is 0. The predicted molar refractivity (Wildman–Crippen MR) is 112 cm³/mol. The zero-order valence-electron chi connectivity index (χ0n) is 15.8. The number of benzene rings is 3. The highest BCUT2D eigenvalue weighted by molar-refractivity contribution is 5.86. The Hall–Kier alpha value is -3.32. The Labute approximate surface area is 165 Å². The van der Waals surface area contributed by atoms with Crippen molar-refractivity contribution in [2.75, 3.05) is 18.0 Å². The van der Waals surface area contributed by atoms with Crippen LogP contribution in [0.3, 0.4) is 0 Å². The molecule has 1 heterocycles. The minimum atomic E-state index is -0.0329. The van der Waals surface area contributed by atoms with Gasteiger partial charge in [-0.1, -0.05) is 48.5 Å². The van der Waals surface area contributed by atoms with Crippen molar-refractivity contribution in [1.82, 2.24) is 5.32 Å².